The van der Waals surface area contributed by atoms with Crippen LogP contribution in [-0.2, 0) is 0 Å². The summed E-state index contributed by atoms with van der Waals surface area (Å²) >= 11 is 0. The number of allylic oxidation sites excluding steroid dienone is 2. The molecule has 0 N–H and O–H groups in total. The van der Waals surface area contributed by atoms with Crippen molar-refractivity contribution < 1.29 is 0 Å². The highest BCUT2D eigenvalue weighted by molar-refractivity contribution is 7.16. The first-order valence-corrected chi connectivity index (χ1v) is 13.9. The maximum absolute atomic E-state index is 2.83. The molecular formula is C27H55P. The topological polar surface area (TPSA) is 0 Å². The molecular weight excluding hydrogens is 355 g/mol. The fourth-order valence-electron chi connectivity index (χ4n) is 4.98. The van der Waals surface area contributed by atoms with Crippen LogP contribution >= 0.6 is 9.24 Å². The molecule has 0 aromatic carbocycles. The van der Waals surface area contributed by atoms with Gasteiger partial charge in [-0.25, -0.2) is 0 Å². The monoisotopic (exact) mass is 410 g/mol. The molecule has 0 saturated heterocycles. The Bertz CT molecular complexity index is 303. The van der Waals surface area contributed by atoms with E-state index in [2.05, 4.69) is 42.2 Å². The lowest BCUT2D eigenvalue weighted by Crippen LogP contribution is -2.20. The van der Waals surface area contributed by atoms with Crippen molar-refractivity contribution in [2.75, 3.05) is 6.16 Å². The Morgan fingerprint density at radius 1 is 0.500 bits per heavy atom. The van der Waals surface area contributed by atoms with Crippen molar-refractivity contribution in [1.29, 1.82) is 0 Å². The van der Waals surface area contributed by atoms with Crippen LogP contribution in [0.5, 0.6) is 0 Å². The van der Waals surface area contributed by atoms with Gasteiger partial charge >= 0.3 is 0 Å². The number of rotatable bonds is 22. The van der Waals surface area contributed by atoms with Gasteiger partial charge in [-0.1, -0.05) is 104 Å². The maximum atomic E-state index is 2.83. The lowest BCUT2D eigenvalue weighted by atomic mass is 9.72. The van der Waals surface area contributed by atoms with Crippen LogP contribution in [0, 0.1) is 5.41 Å². The first kappa shape index (κ1) is 28.2. The van der Waals surface area contributed by atoms with Gasteiger partial charge in [-0.15, -0.1) is 9.24 Å². The predicted octanol–water partition coefficient (Wildman–Crippen LogP) is 10.3. The highest BCUT2D eigenvalue weighted by atomic mass is 31.0. The summed E-state index contributed by atoms with van der Waals surface area (Å²) in [5, 5.41) is 0. The molecule has 0 aromatic heterocycles. The summed E-state index contributed by atoms with van der Waals surface area (Å²) in [5.41, 5.74) is 0.677. The third-order valence-electron chi connectivity index (χ3n) is 6.41. The highest BCUT2D eigenvalue weighted by Crippen LogP contribution is 2.40. The van der Waals surface area contributed by atoms with Crippen molar-refractivity contribution in [2.45, 2.75) is 149 Å². The van der Waals surface area contributed by atoms with Crippen LogP contribution < -0.4 is 0 Å². The van der Waals surface area contributed by atoms with Crippen molar-refractivity contribution in [3.05, 3.63) is 12.2 Å². The Balaban J connectivity index is 3.57. The smallest absolute Gasteiger partial charge is 0.0298 e. The van der Waals surface area contributed by atoms with Gasteiger partial charge in [-0.05, 0) is 69.4 Å². The van der Waals surface area contributed by atoms with Crippen LogP contribution in [0.3, 0.4) is 0 Å². The Morgan fingerprint density at radius 3 is 1.32 bits per heavy atom. The van der Waals surface area contributed by atoms with Crippen molar-refractivity contribution in [1.82, 2.24) is 0 Å². The third kappa shape index (κ3) is 17.1. The Hall–Kier alpha value is 0.170. The summed E-state index contributed by atoms with van der Waals surface area (Å²) in [5.74, 6) is 0. The molecule has 1 heteroatoms. The molecule has 0 nitrogen and oxygen atoms in total. The number of hydrogen-bond acceptors (Lipinski definition) is 0. The molecule has 28 heavy (non-hydrogen) atoms. The van der Waals surface area contributed by atoms with E-state index in [9.17, 15) is 0 Å². The molecule has 0 spiro atoms. The Morgan fingerprint density at radius 2 is 0.893 bits per heavy atom. The molecule has 0 saturated carbocycles. The summed E-state index contributed by atoms with van der Waals surface area (Å²) in [7, 11) is 2.83. The molecule has 0 aromatic rings. The minimum absolute atomic E-state index is 0.677. The second kappa shape index (κ2) is 21.9. The summed E-state index contributed by atoms with van der Waals surface area (Å²) < 4.78 is 0. The van der Waals surface area contributed by atoms with Crippen LogP contribution in [0.25, 0.3) is 0 Å². The van der Waals surface area contributed by atoms with Gasteiger partial charge in [-0.3, -0.25) is 0 Å². The highest BCUT2D eigenvalue weighted by Gasteiger charge is 2.26. The zero-order valence-electron chi connectivity index (χ0n) is 20.1. The fraction of sp³-hybridized carbons (Fsp3) is 0.926. The molecule has 0 aliphatic rings. The van der Waals surface area contributed by atoms with E-state index in [1.54, 1.807) is 0 Å². The van der Waals surface area contributed by atoms with Crippen molar-refractivity contribution in [3.63, 3.8) is 0 Å². The van der Waals surface area contributed by atoms with E-state index in [1.165, 1.54) is 135 Å². The van der Waals surface area contributed by atoms with Gasteiger partial charge in [0.05, 0.1) is 0 Å². The van der Waals surface area contributed by atoms with Gasteiger partial charge in [0.25, 0.3) is 0 Å². The van der Waals surface area contributed by atoms with Crippen LogP contribution in [0.2, 0.25) is 0 Å². The standard InChI is InChI=1S/C27H55P/c1-4-22-27(23-5-2,24-6-3)25-20-18-16-14-12-10-8-7-9-11-13-15-17-19-21-26-28/h7-8H,4-6,9-26,28H2,1-3H3. The van der Waals surface area contributed by atoms with Gasteiger partial charge in [0.15, 0.2) is 0 Å². The number of unbranched alkanes of at least 4 members (excludes halogenated alkanes) is 11. The average Bonchev–Trinajstić information content (AvgIpc) is 2.68. The summed E-state index contributed by atoms with van der Waals surface area (Å²) in [6, 6.07) is 0. The maximum Gasteiger partial charge on any atom is -0.0298 e. The Labute approximate surface area is 182 Å². The van der Waals surface area contributed by atoms with Crippen LogP contribution in [-0.4, -0.2) is 6.16 Å². The van der Waals surface area contributed by atoms with E-state index in [-0.39, 0.29) is 0 Å². The van der Waals surface area contributed by atoms with Crippen LogP contribution in [0.1, 0.15) is 149 Å². The molecule has 0 amide bonds. The normalized spacial score (nSPS) is 12.3. The second-order valence-electron chi connectivity index (χ2n) is 9.23. The van der Waals surface area contributed by atoms with E-state index < -0.39 is 0 Å². The zero-order valence-corrected chi connectivity index (χ0v) is 21.2. The minimum Gasteiger partial charge on any atom is -0.138 e. The first-order valence-electron chi connectivity index (χ1n) is 13.1. The SMILES string of the molecule is CCCC(CCC)(CCC)CCCCCCCC=CCCCCCCCCP. The van der Waals surface area contributed by atoms with Gasteiger partial charge in [-0.2, -0.15) is 0 Å². The summed E-state index contributed by atoms with van der Waals surface area (Å²) in [4.78, 5) is 0. The molecule has 0 fully saturated rings. The largest absolute Gasteiger partial charge is 0.138 e. The molecule has 0 radical (unpaired) electrons. The lowest BCUT2D eigenvalue weighted by molar-refractivity contribution is 0.185. The van der Waals surface area contributed by atoms with Crippen LogP contribution in [0.4, 0.5) is 0 Å². The third-order valence-corrected chi connectivity index (χ3v) is 6.82. The van der Waals surface area contributed by atoms with Gasteiger partial charge in [0.2, 0.25) is 0 Å². The molecule has 0 bridgehead atoms. The molecule has 0 rings (SSSR count). The predicted molar refractivity (Wildman–Crippen MR) is 136 cm³/mol. The molecule has 0 heterocycles. The van der Waals surface area contributed by atoms with Crippen molar-refractivity contribution >= 4 is 9.24 Å². The zero-order chi connectivity index (χ0) is 20.8. The minimum atomic E-state index is 0.677. The van der Waals surface area contributed by atoms with Crippen molar-refractivity contribution in [3.8, 4) is 0 Å². The van der Waals surface area contributed by atoms with Gasteiger partial charge < -0.3 is 0 Å². The van der Waals surface area contributed by atoms with E-state index in [0.717, 1.165) is 0 Å². The van der Waals surface area contributed by atoms with E-state index in [1.807, 2.05) is 0 Å². The Kier molecular flexibility index (Phi) is 22.0. The molecule has 0 aliphatic carbocycles. The van der Waals surface area contributed by atoms with Gasteiger partial charge in [0, 0.05) is 0 Å². The van der Waals surface area contributed by atoms with E-state index >= 15 is 0 Å². The number of hydrogen-bond donors (Lipinski definition) is 0. The fourth-order valence-corrected chi connectivity index (χ4v) is 5.27. The second-order valence-corrected chi connectivity index (χ2v) is 9.80. The molecule has 168 valence electrons. The molecule has 1 unspecified atom stereocenters. The van der Waals surface area contributed by atoms with Gasteiger partial charge in [0.1, 0.15) is 0 Å². The molecule has 1 atom stereocenters. The molecule has 0 aliphatic heterocycles. The first-order chi connectivity index (χ1) is 13.7. The van der Waals surface area contributed by atoms with E-state index in [0.29, 0.717) is 5.41 Å². The lowest BCUT2D eigenvalue weighted by Gasteiger charge is -2.34. The quantitative estimate of drug-likeness (QED) is 0.0945. The average molecular weight is 411 g/mol. The van der Waals surface area contributed by atoms with E-state index in [4.69, 9.17) is 0 Å². The van der Waals surface area contributed by atoms with Crippen LogP contribution in [0.15, 0.2) is 12.2 Å². The summed E-state index contributed by atoms with van der Waals surface area (Å²) in [6.45, 7) is 7.13. The summed E-state index contributed by atoms with van der Waals surface area (Å²) in [6.07, 6.45) is 34.4. The van der Waals surface area contributed by atoms with Crippen molar-refractivity contribution in [2.24, 2.45) is 5.41 Å².